The molecule has 1 aromatic rings. The van der Waals surface area contributed by atoms with Crippen molar-refractivity contribution in [2.24, 2.45) is 0 Å². The van der Waals surface area contributed by atoms with E-state index in [-0.39, 0.29) is 5.91 Å². The fourth-order valence-corrected chi connectivity index (χ4v) is 4.98. The van der Waals surface area contributed by atoms with Crippen LogP contribution >= 0.6 is 11.8 Å². The minimum Gasteiger partial charge on any atom is -0.493 e. The van der Waals surface area contributed by atoms with Gasteiger partial charge >= 0.3 is 0 Å². The van der Waals surface area contributed by atoms with Gasteiger partial charge in [0, 0.05) is 49.3 Å². The summed E-state index contributed by atoms with van der Waals surface area (Å²) in [5.74, 6) is 3.67. The first kappa shape index (κ1) is 16.3. The number of hydrogen-bond acceptors (Lipinski definition) is 4. The summed E-state index contributed by atoms with van der Waals surface area (Å²) in [6.07, 6.45) is 4.30. The molecule has 4 rings (SSSR count). The molecule has 0 aliphatic carbocycles. The van der Waals surface area contributed by atoms with Gasteiger partial charge in [-0.3, -0.25) is 9.69 Å². The van der Waals surface area contributed by atoms with Gasteiger partial charge in [0.2, 0.25) is 0 Å². The number of amides is 1. The van der Waals surface area contributed by atoms with Crippen LogP contribution in [0.3, 0.4) is 0 Å². The fourth-order valence-electron chi connectivity index (χ4n) is 4.05. The molecule has 0 saturated carbocycles. The predicted molar refractivity (Wildman–Crippen MR) is 98.1 cm³/mol. The summed E-state index contributed by atoms with van der Waals surface area (Å²) in [4.78, 5) is 17.5. The lowest BCUT2D eigenvalue weighted by molar-refractivity contribution is 0.0630. The molecule has 3 heterocycles. The third-order valence-corrected chi connectivity index (χ3v) is 6.41. The normalized spacial score (nSPS) is 22.8. The smallest absolute Gasteiger partial charge is 0.253 e. The zero-order valence-corrected chi connectivity index (χ0v) is 15.0. The molecule has 0 spiro atoms. The standard InChI is InChI=1S/C19H26N2O2S/c22-19(16-3-4-18-15(14-16)2-1-11-23-18)21-7-5-17(6-8-21)20-9-12-24-13-10-20/h3-4,14,17H,1-2,5-13H2. The summed E-state index contributed by atoms with van der Waals surface area (Å²) < 4.78 is 5.65. The molecule has 5 heteroatoms. The predicted octanol–water partition coefficient (Wildman–Crippen LogP) is 2.67. The Balaban J connectivity index is 1.37. The quantitative estimate of drug-likeness (QED) is 0.824. The van der Waals surface area contributed by atoms with E-state index in [4.69, 9.17) is 4.74 Å². The molecule has 2 fully saturated rings. The lowest BCUT2D eigenvalue weighted by Gasteiger charge is -2.40. The van der Waals surface area contributed by atoms with Gasteiger partial charge in [0.05, 0.1) is 6.61 Å². The zero-order valence-electron chi connectivity index (χ0n) is 14.2. The van der Waals surface area contributed by atoms with Gasteiger partial charge in [0.25, 0.3) is 5.91 Å². The molecule has 1 amide bonds. The van der Waals surface area contributed by atoms with Crippen LogP contribution in [-0.4, -0.2) is 66.0 Å². The Bertz CT molecular complexity index is 593. The van der Waals surface area contributed by atoms with Gasteiger partial charge in [-0.1, -0.05) is 0 Å². The average molecular weight is 346 g/mol. The van der Waals surface area contributed by atoms with Gasteiger partial charge in [-0.2, -0.15) is 11.8 Å². The topological polar surface area (TPSA) is 32.8 Å². The van der Waals surface area contributed by atoms with Crippen molar-refractivity contribution in [1.29, 1.82) is 0 Å². The number of likely N-dealkylation sites (tertiary alicyclic amines) is 1. The van der Waals surface area contributed by atoms with Crippen LogP contribution in [0.15, 0.2) is 18.2 Å². The summed E-state index contributed by atoms with van der Waals surface area (Å²) in [6, 6.07) is 6.62. The van der Waals surface area contributed by atoms with Crippen molar-refractivity contribution in [2.45, 2.75) is 31.7 Å². The van der Waals surface area contributed by atoms with Crippen LogP contribution in [0, 0.1) is 0 Å². The number of nitrogens with zero attached hydrogens (tertiary/aromatic N) is 2. The minimum atomic E-state index is 0.191. The van der Waals surface area contributed by atoms with Gasteiger partial charge in [0.15, 0.2) is 0 Å². The molecular weight excluding hydrogens is 320 g/mol. The molecule has 0 aromatic heterocycles. The van der Waals surface area contributed by atoms with Crippen molar-refractivity contribution in [3.05, 3.63) is 29.3 Å². The molecule has 3 aliphatic rings. The van der Waals surface area contributed by atoms with Crippen LogP contribution < -0.4 is 4.74 Å². The molecule has 130 valence electrons. The minimum absolute atomic E-state index is 0.191. The first-order valence-electron chi connectivity index (χ1n) is 9.18. The largest absolute Gasteiger partial charge is 0.493 e. The lowest BCUT2D eigenvalue weighted by atomic mass is 10.00. The molecule has 2 saturated heterocycles. The number of hydrogen-bond donors (Lipinski definition) is 0. The number of rotatable bonds is 2. The molecule has 1 aromatic carbocycles. The molecule has 0 bridgehead atoms. The maximum Gasteiger partial charge on any atom is 0.253 e. The van der Waals surface area contributed by atoms with E-state index < -0.39 is 0 Å². The van der Waals surface area contributed by atoms with Gasteiger partial charge < -0.3 is 9.64 Å². The number of aryl methyl sites for hydroxylation is 1. The molecule has 3 aliphatic heterocycles. The third-order valence-electron chi connectivity index (χ3n) is 5.47. The monoisotopic (exact) mass is 346 g/mol. The summed E-state index contributed by atoms with van der Waals surface area (Å²) in [5, 5.41) is 0. The van der Waals surface area contributed by atoms with E-state index in [2.05, 4.69) is 16.7 Å². The molecule has 4 nitrogen and oxygen atoms in total. The van der Waals surface area contributed by atoms with Crippen molar-refractivity contribution in [1.82, 2.24) is 9.80 Å². The Morgan fingerprint density at radius 2 is 1.92 bits per heavy atom. The highest BCUT2D eigenvalue weighted by atomic mass is 32.2. The van der Waals surface area contributed by atoms with Crippen molar-refractivity contribution < 1.29 is 9.53 Å². The van der Waals surface area contributed by atoms with Crippen LogP contribution in [-0.2, 0) is 6.42 Å². The number of carbonyl (C=O) groups excluding carboxylic acids is 1. The summed E-state index contributed by atoms with van der Waals surface area (Å²) in [7, 11) is 0. The van der Waals surface area contributed by atoms with Crippen LogP contribution in [0.5, 0.6) is 5.75 Å². The number of thioether (sulfide) groups is 1. The molecule has 0 N–H and O–H groups in total. The second-order valence-electron chi connectivity index (χ2n) is 6.95. The van der Waals surface area contributed by atoms with Crippen LogP contribution in [0.25, 0.3) is 0 Å². The highest BCUT2D eigenvalue weighted by molar-refractivity contribution is 7.99. The Labute approximate surface area is 148 Å². The van der Waals surface area contributed by atoms with Crippen LogP contribution in [0.2, 0.25) is 0 Å². The maximum absolute atomic E-state index is 12.8. The van der Waals surface area contributed by atoms with E-state index in [0.717, 1.165) is 56.7 Å². The van der Waals surface area contributed by atoms with Crippen molar-refractivity contribution >= 4 is 17.7 Å². The first-order valence-corrected chi connectivity index (χ1v) is 10.3. The van der Waals surface area contributed by atoms with Crippen molar-refractivity contribution in [2.75, 3.05) is 44.3 Å². The second kappa shape index (κ2) is 7.36. The third kappa shape index (κ3) is 3.42. The van der Waals surface area contributed by atoms with E-state index in [1.165, 1.54) is 30.2 Å². The van der Waals surface area contributed by atoms with E-state index >= 15 is 0 Å². The SMILES string of the molecule is O=C(c1ccc2c(c1)CCCO2)N1CCC(N2CCSCC2)CC1. The summed E-state index contributed by atoms with van der Waals surface area (Å²) in [6.45, 7) is 5.01. The van der Waals surface area contributed by atoms with Gasteiger partial charge in [-0.25, -0.2) is 0 Å². The number of benzene rings is 1. The van der Waals surface area contributed by atoms with E-state index in [1.54, 1.807) is 0 Å². The highest BCUT2D eigenvalue weighted by Crippen LogP contribution is 2.27. The second-order valence-corrected chi connectivity index (χ2v) is 8.17. The van der Waals surface area contributed by atoms with Crippen molar-refractivity contribution in [3.63, 3.8) is 0 Å². The molecule has 0 atom stereocenters. The number of carbonyl (C=O) groups is 1. The summed E-state index contributed by atoms with van der Waals surface area (Å²) >= 11 is 2.06. The first-order chi connectivity index (χ1) is 11.8. The molecule has 0 unspecified atom stereocenters. The molecular formula is C19H26N2O2S. The van der Waals surface area contributed by atoms with Gasteiger partial charge in [-0.15, -0.1) is 0 Å². The van der Waals surface area contributed by atoms with Crippen LogP contribution in [0.1, 0.15) is 35.2 Å². The average Bonchev–Trinajstić information content (AvgIpc) is 2.68. The highest BCUT2D eigenvalue weighted by Gasteiger charge is 2.28. The van der Waals surface area contributed by atoms with Gasteiger partial charge in [0.1, 0.15) is 5.75 Å². The van der Waals surface area contributed by atoms with E-state index in [1.807, 2.05) is 23.1 Å². The van der Waals surface area contributed by atoms with Crippen LogP contribution in [0.4, 0.5) is 0 Å². The fraction of sp³-hybridized carbons (Fsp3) is 0.632. The number of piperidine rings is 1. The lowest BCUT2D eigenvalue weighted by Crippen LogP contribution is -2.49. The zero-order chi connectivity index (χ0) is 16.4. The molecule has 0 radical (unpaired) electrons. The van der Waals surface area contributed by atoms with E-state index in [0.29, 0.717) is 6.04 Å². The van der Waals surface area contributed by atoms with Crippen molar-refractivity contribution in [3.8, 4) is 5.75 Å². The number of ether oxygens (including phenoxy) is 1. The Morgan fingerprint density at radius 3 is 2.71 bits per heavy atom. The maximum atomic E-state index is 12.8. The van der Waals surface area contributed by atoms with E-state index in [9.17, 15) is 4.79 Å². The molecule has 24 heavy (non-hydrogen) atoms. The Kier molecular flexibility index (Phi) is 4.99. The Morgan fingerprint density at radius 1 is 1.12 bits per heavy atom. The van der Waals surface area contributed by atoms with Gasteiger partial charge in [-0.05, 0) is 49.4 Å². The summed E-state index contributed by atoms with van der Waals surface area (Å²) in [5.41, 5.74) is 2.01. The number of fused-ring (bicyclic) bond motifs is 1. The Hall–Kier alpha value is -1.20.